The van der Waals surface area contributed by atoms with Crippen molar-refractivity contribution in [3.05, 3.63) is 30.1 Å². The molecule has 0 saturated carbocycles. The standard InChI is InChI=1S/C13H18N2O3S/c1-4-11(12(15-18-3)13(16)17-2)19-9-10-7-5-6-8-14-10/h5-8,11H,4,9H2,1-3H3. The third-order valence-electron chi connectivity index (χ3n) is 2.42. The highest BCUT2D eigenvalue weighted by atomic mass is 32.2. The van der Waals surface area contributed by atoms with Gasteiger partial charge in [0.2, 0.25) is 0 Å². The molecule has 1 atom stereocenters. The molecule has 1 aromatic heterocycles. The maximum Gasteiger partial charge on any atom is 0.357 e. The average Bonchev–Trinajstić information content (AvgIpc) is 2.47. The molecule has 1 aromatic rings. The van der Waals surface area contributed by atoms with Crippen LogP contribution in [0.4, 0.5) is 0 Å². The Morgan fingerprint density at radius 1 is 1.47 bits per heavy atom. The van der Waals surface area contributed by atoms with Crippen molar-refractivity contribution in [1.82, 2.24) is 4.98 Å². The average molecular weight is 282 g/mol. The number of carbonyl (C=O) groups is 1. The van der Waals surface area contributed by atoms with E-state index in [4.69, 9.17) is 9.57 Å². The van der Waals surface area contributed by atoms with Crippen molar-refractivity contribution < 1.29 is 14.4 Å². The number of methoxy groups -OCH3 is 1. The van der Waals surface area contributed by atoms with Crippen LogP contribution in [0.1, 0.15) is 19.0 Å². The van der Waals surface area contributed by atoms with Crippen molar-refractivity contribution in [2.75, 3.05) is 14.2 Å². The number of ether oxygens (including phenoxy) is 1. The topological polar surface area (TPSA) is 60.8 Å². The van der Waals surface area contributed by atoms with Gasteiger partial charge in [-0.1, -0.05) is 18.1 Å². The zero-order chi connectivity index (χ0) is 14.1. The summed E-state index contributed by atoms with van der Waals surface area (Å²) in [5.41, 5.74) is 1.26. The Morgan fingerprint density at radius 2 is 2.26 bits per heavy atom. The van der Waals surface area contributed by atoms with Gasteiger partial charge >= 0.3 is 5.97 Å². The van der Waals surface area contributed by atoms with E-state index in [0.717, 1.165) is 12.1 Å². The van der Waals surface area contributed by atoms with Crippen LogP contribution in [0.5, 0.6) is 0 Å². The summed E-state index contributed by atoms with van der Waals surface area (Å²) < 4.78 is 4.72. The van der Waals surface area contributed by atoms with Crippen molar-refractivity contribution in [1.29, 1.82) is 0 Å². The Kier molecular flexibility index (Phi) is 6.95. The van der Waals surface area contributed by atoms with Crippen molar-refractivity contribution in [2.24, 2.45) is 5.16 Å². The first-order valence-corrected chi connectivity index (χ1v) is 6.98. The fourth-order valence-corrected chi connectivity index (χ4v) is 2.57. The Hall–Kier alpha value is -1.56. The van der Waals surface area contributed by atoms with Crippen molar-refractivity contribution in [2.45, 2.75) is 24.3 Å². The number of hydrogen-bond donors (Lipinski definition) is 0. The first kappa shape index (κ1) is 15.5. The van der Waals surface area contributed by atoms with Crippen LogP contribution in [0.3, 0.4) is 0 Å². The van der Waals surface area contributed by atoms with Gasteiger partial charge in [-0.05, 0) is 18.6 Å². The van der Waals surface area contributed by atoms with Crippen molar-refractivity contribution in [3.8, 4) is 0 Å². The van der Waals surface area contributed by atoms with E-state index in [9.17, 15) is 4.79 Å². The molecule has 0 radical (unpaired) electrons. The number of pyridine rings is 1. The molecule has 1 unspecified atom stereocenters. The highest BCUT2D eigenvalue weighted by Crippen LogP contribution is 2.21. The molecular weight excluding hydrogens is 264 g/mol. The number of rotatable bonds is 7. The molecule has 0 N–H and O–H groups in total. The second kappa shape index (κ2) is 8.53. The van der Waals surface area contributed by atoms with Crippen molar-refractivity contribution in [3.63, 3.8) is 0 Å². The number of carbonyl (C=O) groups excluding carboxylic acids is 1. The Morgan fingerprint density at radius 3 is 2.79 bits per heavy atom. The monoisotopic (exact) mass is 282 g/mol. The summed E-state index contributed by atoms with van der Waals surface area (Å²) in [5, 5.41) is 3.70. The summed E-state index contributed by atoms with van der Waals surface area (Å²) in [5.74, 6) is 0.251. The number of thioether (sulfide) groups is 1. The predicted octanol–water partition coefficient (Wildman–Crippen LogP) is 2.27. The Bertz CT molecular complexity index is 423. The lowest BCUT2D eigenvalue weighted by Gasteiger charge is -2.14. The van der Waals surface area contributed by atoms with Crippen LogP contribution >= 0.6 is 11.8 Å². The van der Waals surface area contributed by atoms with Crippen LogP contribution < -0.4 is 0 Å². The first-order valence-electron chi connectivity index (χ1n) is 5.93. The molecule has 5 nitrogen and oxygen atoms in total. The molecule has 0 aliphatic heterocycles. The molecule has 6 heteroatoms. The zero-order valence-electron chi connectivity index (χ0n) is 11.3. The summed E-state index contributed by atoms with van der Waals surface area (Å²) >= 11 is 1.59. The summed E-state index contributed by atoms with van der Waals surface area (Å²) in [6.07, 6.45) is 2.51. The molecule has 0 amide bonds. The second-order valence-electron chi connectivity index (χ2n) is 3.68. The van der Waals surface area contributed by atoms with Crippen LogP contribution in [-0.4, -0.2) is 36.1 Å². The van der Waals surface area contributed by atoms with Gasteiger partial charge in [0.25, 0.3) is 0 Å². The van der Waals surface area contributed by atoms with Crippen LogP contribution in [0.25, 0.3) is 0 Å². The van der Waals surface area contributed by atoms with E-state index in [1.54, 1.807) is 18.0 Å². The van der Waals surface area contributed by atoms with Gasteiger partial charge in [-0.25, -0.2) is 4.79 Å². The minimum atomic E-state index is -0.456. The maximum absolute atomic E-state index is 11.7. The van der Waals surface area contributed by atoms with Gasteiger partial charge in [-0.2, -0.15) is 0 Å². The third kappa shape index (κ3) is 4.90. The number of hydrogen-bond acceptors (Lipinski definition) is 6. The smallest absolute Gasteiger partial charge is 0.357 e. The van der Waals surface area contributed by atoms with Gasteiger partial charge in [0, 0.05) is 11.9 Å². The molecule has 0 spiro atoms. The van der Waals surface area contributed by atoms with Crippen LogP contribution in [0.15, 0.2) is 29.6 Å². The second-order valence-corrected chi connectivity index (χ2v) is 4.87. The summed E-state index contributed by atoms with van der Waals surface area (Å²) in [6.45, 7) is 1.99. The fraction of sp³-hybridized carbons (Fsp3) is 0.462. The molecular formula is C13H18N2O3S. The molecule has 0 saturated heterocycles. The van der Waals surface area contributed by atoms with E-state index >= 15 is 0 Å². The highest BCUT2D eigenvalue weighted by molar-refractivity contribution is 8.00. The molecule has 0 aliphatic rings. The largest absolute Gasteiger partial charge is 0.464 e. The molecule has 1 heterocycles. The van der Waals surface area contributed by atoms with Gasteiger partial charge in [0.15, 0.2) is 5.71 Å². The molecule has 104 valence electrons. The van der Waals surface area contributed by atoms with Gasteiger partial charge < -0.3 is 9.57 Å². The van der Waals surface area contributed by atoms with E-state index in [-0.39, 0.29) is 5.25 Å². The normalized spacial score (nSPS) is 12.9. The SMILES string of the molecule is CCC(SCc1ccccn1)C(=NOC)C(=O)OC. The molecule has 0 fully saturated rings. The van der Waals surface area contributed by atoms with E-state index in [1.165, 1.54) is 14.2 Å². The predicted molar refractivity (Wildman–Crippen MR) is 76.1 cm³/mol. The third-order valence-corrected chi connectivity index (χ3v) is 3.84. The maximum atomic E-state index is 11.7. The number of nitrogens with zero attached hydrogens (tertiary/aromatic N) is 2. The molecule has 0 aliphatic carbocycles. The lowest BCUT2D eigenvalue weighted by molar-refractivity contribution is -0.133. The van der Waals surface area contributed by atoms with Gasteiger partial charge in [0.1, 0.15) is 7.11 Å². The van der Waals surface area contributed by atoms with Gasteiger partial charge in [-0.3, -0.25) is 4.98 Å². The van der Waals surface area contributed by atoms with E-state index < -0.39 is 5.97 Å². The molecule has 0 bridgehead atoms. The highest BCUT2D eigenvalue weighted by Gasteiger charge is 2.24. The summed E-state index contributed by atoms with van der Waals surface area (Å²) in [6, 6.07) is 5.76. The van der Waals surface area contributed by atoms with E-state index in [2.05, 4.69) is 10.1 Å². The Labute approximate surface area is 117 Å². The van der Waals surface area contributed by atoms with E-state index in [1.807, 2.05) is 25.1 Å². The van der Waals surface area contributed by atoms with Gasteiger partial charge in [-0.15, -0.1) is 11.8 Å². The summed E-state index contributed by atoms with van der Waals surface area (Å²) in [7, 11) is 2.75. The van der Waals surface area contributed by atoms with Crippen molar-refractivity contribution >= 4 is 23.4 Å². The molecule has 1 rings (SSSR count). The van der Waals surface area contributed by atoms with Crippen LogP contribution in [-0.2, 0) is 20.1 Å². The van der Waals surface area contributed by atoms with Crippen LogP contribution in [0.2, 0.25) is 0 Å². The number of oxime groups is 1. The van der Waals surface area contributed by atoms with Crippen LogP contribution in [0, 0.1) is 0 Å². The molecule has 0 aromatic carbocycles. The fourth-order valence-electron chi connectivity index (χ4n) is 1.49. The summed E-state index contributed by atoms with van der Waals surface area (Å²) in [4.78, 5) is 20.6. The first-order chi connectivity index (χ1) is 9.22. The minimum absolute atomic E-state index is 0.0746. The number of esters is 1. The lowest BCUT2D eigenvalue weighted by atomic mass is 10.2. The number of aromatic nitrogens is 1. The lowest BCUT2D eigenvalue weighted by Crippen LogP contribution is -2.27. The van der Waals surface area contributed by atoms with E-state index in [0.29, 0.717) is 11.5 Å². The molecule has 19 heavy (non-hydrogen) atoms. The Balaban J connectivity index is 2.70. The quantitative estimate of drug-likeness (QED) is 0.436. The van der Waals surface area contributed by atoms with Gasteiger partial charge in [0.05, 0.1) is 18.1 Å². The minimum Gasteiger partial charge on any atom is -0.464 e. The zero-order valence-corrected chi connectivity index (χ0v) is 12.1.